The minimum absolute atomic E-state index is 0.889. The van der Waals surface area contributed by atoms with Crippen LogP contribution in [0.15, 0.2) is 0 Å². The fourth-order valence-electron chi connectivity index (χ4n) is 1.76. The quantitative estimate of drug-likeness (QED) is 0.605. The third-order valence-electron chi connectivity index (χ3n) is 2.77. The molecule has 1 heterocycles. The molecule has 1 rings (SSSR count). The van der Waals surface area contributed by atoms with Crippen molar-refractivity contribution in [3.05, 3.63) is 0 Å². The van der Waals surface area contributed by atoms with Crippen LogP contribution in [-0.2, 0) is 0 Å². The molecule has 1 heteroatoms. The second kappa shape index (κ2) is 4.10. The highest BCUT2D eigenvalue weighted by atomic mass is 15.1. The predicted molar refractivity (Wildman–Crippen MR) is 49.7 cm³/mol. The van der Waals surface area contributed by atoms with Gasteiger partial charge in [0.15, 0.2) is 0 Å². The number of hydrogen-bond donors (Lipinski definition) is 0. The van der Waals surface area contributed by atoms with Crippen LogP contribution in [0.4, 0.5) is 0 Å². The summed E-state index contributed by atoms with van der Waals surface area (Å²) in [4.78, 5) is 2.61. The van der Waals surface area contributed by atoms with E-state index in [2.05, 4.69) is 25.7 Å². The summed E-state index contributed by atoms with van der Waals surface area (Å²) in [5.41, 5.74) is 0. The molecular formula is C10H21N. The van der Waals surface area contributed by atoms with Crippen LogP contribution >= 0.6 is 0 Å². The molecule has 66 valence electrons. The highest BCUT2D eigenvalue weighted by Gasteiger charge is 2.19. The fraction of sp³-hybridized carbons (Fsp3) is 1.00. The third kappa shape index (κ3) is 2.82. The van der Waals surface area contributed by atoms with Gasteiger partial charge in [0.05, 0.1) is 0 Å². The first-order valence-electron chi connectivity index (χ1n) is 4.94. The molecule has 0 saturated carbocycles. The van der Waals surface area contributed by atoms with E-state index >= 15 is 0 Å². The average molecular weight is 155 g/mol. The van der Waals surface area contributed by atoms with Gasteiger partial charge in [0, 0.05) is 13.1 Å². The van der Waals surface area contributed by atoms with Gasteiger partial charge in [0.25, 0.3) is 0 Å². The molecule has 1 nitrogen and oxygen atoms in total. The molecule has 0 aromatic rings. The molecule has 0 amide bonds. The Morgan fingerprint density at radius 1 is 1.55 bits per heavy atom. The van der Waals surface area contributed by atoms with E-state index in [1.54, 1.807) is 0 Å². The van der Waals surface area contributed by atoms with Gasteiger partial charge in [-0.15, -0.1) is 0 Å². The average Bonchev–Trinajstić information content (AvgIpc) is 2.35. The summed E-state index contributed by atoms with van der Waals surface area (Å²) in [6, 6.07) is 0. The second-order valence-electron chi connectivity index (χ2n) is 4.17. The Kier molecular flexibility index (Phi) is 3.38. The highest BCUT2D eigenvalue weighted by Crippen LogP contribution is 2.16. The molecule has 0 aromatic carbocycles. The van der Waals surface area contributed by atoms with E-state index in [9.17, 15) is 0 Å². The molecular weight excluding hydrogens is 134 g/mol. The lowest BCUT2D eigenvalue weighted by molar-refractivity contribution is 0.277. The minimum Gasteiger partial charge on any atom is -0.303 e. The Bertz CT molecular complexity index is 111. The van der Waals surface area contributed by atoms with Gasteiger partial charge < -0.3 is 4.90 Å². The molecule has 0 N–H and O–H groups in total. The van der Waals surface area contributed by atoms with Gasteiger partial charge >= 0.3 is 0 Å². The van der Waals surface area contributed by atoms with E-state index in [0.717, 1.165) is 11.8 Å². The number of hydrogen-bond acceptors (Lipinski definition) is 1. The molecule has 1 aliphatic rings. The third-order valence-corrected chi connectivity index (χ3v) is 2.77. The maximum Gasteiger partial charge on any atom is 0.000761 e. The SMILES string of the molecule is CCC(C)CN1CCC(C)C1. The Labute approximate surface area is 70.8 Å². The van der Waals surface area contributed by atoms with Crippen LogP contribution in [0.1, 0.15) is 33.6 Å². The number of rotatable bonds is 3. The second-order valence-corrected chi connectivity index (χ2v) is 4.17. The molecule has 2 atom stereocenters. The molecule has 2 unspecified atom stereocenters. The normalized spacial score (nSPS) is 29.2. The van der Waals surface area contributed by atoms with Gasteiger partial charge in [-0.2, -0.15) is 0 Å². The number of likely N-dealkylation sites (tertiary alicyclic amines) is 1. The van der Waals surface area contributed by atoms with Crippen molar-refractivity contribution < 1.29 is 0 Å². The topological polar surface area (TPSA) is 3.24 Å². The molecule has 0 spiro atoms. The summed E-state index contributed by atoms with van der Waals surface area (Å²) in [5.74, 6) is 1.83. The summed E-state index contributed by atoms with van der Waals surface area (Å²) in [6.45, 7) is 11.0. The minimum atomic E-state index is 0.889. The van der Waals surface area contributed by atoms with E-state index in [1.807, 2.05) is 0 Å². The van der Waals surface area contributed by atoms with Crippen LogP contribution < -0.4 is 0 Å². The molecule has 1 saturated heterocycles. The van der Waals surface area contributed by atoms with Crippen LogP contribution in [0.25, 0.3) is 0 Å². The van der Waals surface area contributed by atoms with Crippen molar-refractivity contribution in [3.8, 4) is 0 Å². The van der Waals surface area contributed by atoms with Crippen LogP contribution in [0.5, 0.6) is 0 Å². The van der Waals surface area contributed by atoms with E-state index < -0.39 is 0 Å². The van der Waals surface area contributed by atoms with Gasteiger partial charge in [-0.05, 0) is 24.8 Å². The molecule has 0 radical (unpaired) electrons. The zero-order valence-corrected chi connectivity index (χ0v) is 8.14. The first-order valence-corrected chi connectivity index (χ1v) is 4.94. The van der Waals surface area contributed by atoms with E-state index in [0.29, 0.717) is 0 Å². The zero-order valence-electron chi connectivity index (χ0n) is 8.14. The molecule has 0 aromatic heterocycles. The monoisotopic (exact) mass is 155 g/mol. The molecule has 1 fully saturated rings. The summed E-state index contributed by atoms with van der Waals surface area (Å²) in [7, 11) is 0. The van der Waals surface area contributed by atoms with Crippen LogP contribution in [-0.4, -0.2) is 24.5 Å². The lowest BCUT2D eigenvalue weighted by atomic mass is 10.1. The predicted octanol–water partition coefficient (Wildman–Crippen LogP) is 2.37. The van der Waals surface area contributed by atoms with Gasteiger partial charge in [-0.1, -0.05) is 27.2 Å². The first kappa shape index (κ1) is 9.05. The zero-order chi connectivity index (χ0) is 8.27. The van der Waals surface area contributed by atoms with Gasteiger partial charge in [-0.3, -0.25) is 0 Å². The van der Waals surface area contributed by atoms with E-state index in [-0.39, 0.29) is 0 Å². The lowest BCUT2D eigenvalue weighted by Crippen LogP contribution is -2.25. The summed E-state index contributed by atoms with van der Waals surface area (Å²) in [5, 5.41) is 0. The Hall–Kier alpha value is -0.0400. The van der Waals surface area contributed by atoms with Crippen molar-refractivity contribution in [2.24, 2.45) is 11.8 Å². The fourth-order valence-corrected chi connectivity index (χ4v) is 1.76. The first-order chi connectivity index (χ1) is 5.22. The van der Waals surface area contributed by atoms with Crippen molar-refractivity contribution >= 4 is 0 Å². The van der Waals surface area contributed by atoms with Gasteiger partial charge in [0.2, 0.25) is 0 Å². The molecule has 1 aliphatic heterocycles. The van der Waals surface area contributed by atoms with E-state index in [1.165, 1.54) is 32.5 Å². The Morgan fingerprint density at radius 2 is 2.27 bits per heavy atom. The smallest absolute Gasteiger partial charge is 0.000761 e. The summed E-state index contributed by atoms with van der Waals surface area (Å²) in [6.07, 6.45) is 2.74. The standard InChI is InChI=1S/C10H21N/c1-4-9(2)7-11-6-5-10(3)8-11/h9-10H,4-8H2,1-3H3. The van der Waals surface area contributed by atoms with E-state index in [4.69, 9.17) is 0 Å². The van der Waals surface area contributed by atoms with Crippen molar-refractivity contribution in [1.82, 2.24) is 4.90 Å². The maximum absolute atomic E-state index is 2.61. The van der Waals surface area contributed by atoms with Crippen LogP contribution in [0.3, 0.4) is 0 Å². The Balaban J connectivity index is 2.17. The highest BCUT2D eigenvalue weighted by molar-refractivity contribution is 4.73. The van der Waals surface area contributed by atoms with Crippen molar-refractivity contribution in [3.63, 3.8) is 0 Å². The molecule has 0 aliphatic carbocycles. The largest absolute Gasteiger partial charge is 0.303 e. The van der Waals surface area contributed by atoms with Crippen LogP contribution in [0, 0.1) is 11.8 Å². The lowest BCUT2D eigenvalue weighted by Gasteiger charge is -2.19. The van der Waals surface area contributed by atoms with Gasteiger partial charge in [-0.25, -0.2) is 0 Å². The maximum atomic E-state index is 2.61. The summed E-state index contributed by atoms with van der Waals surface area (Å²) >= 11 is 0. The van der Waals surface area contributed by atoms with Crippen LogP contribution in [0.2, 0.25) is 0 Å². The van der Waals surface area contributed by atoms with Crippen molar-refractivity contribution in [2.75, 3.05) is 19.6 Å². The Morgan fingerprint density at radius 3 is 2.73 bits per heavy atom. The van der Waals surface area contributed by atoms with Crippen molar-refractivity contribution in [2.45, 2.75) is 33.6 Å². The molecule has 0 bridgehead atoms. The molecule has 11 heavy (non-hydrogen) atoms. The van der Waals surface area contributed by atoms with Gasteiger partial charge in [0.1, 0.15) is 0 Å². The summed E-state index contributed by atoms with van der Waals surface area (Å²) < 4.78 is 0. The van der Waals surface area contributed by atoms with Crippen molar-refractivity contribution in [1.29, 1.82) is 0 Å². The number of nitrogens with zero attached hydrogens (tertiary/aromatic N) is 1.